The highest BCUT2D eigenvalue weighted by Gasteiger charge is 2.12. The van der Waals surface area contributed by atoms with Gasteiger partial charge < -0.3 is 5.73 Å². The summed E-state index contributed by atoms with van der Waals surface area (Å²) in [5, 5.41) is 2.49. The molecular formula is C18H15ClFN. The molecule has 3 rings (SSSR count). The first-order valence-corrected chi connectivity index (χ1v) is 7.20. The molecule has 0 spiro atoms. The van der Waals surface area contributed by atoms with Crippen molar-refractivity contribution in [2.45, 2.75) is 12.5 Å². The molecule has 0 heterocycles. The Hall–Kier alpha value is -1.90. The van der Waals surface area contributed by atoms with Gasteiger partial charge in [0.05, 0.1) is 5.02 Å². The number of rotatable bonds is 3. The Morgan fingerprint density at radius 3 is 2.52 bits per heavy atom. The molecule has 1 nitrogen and oxygen atoms in total. The van der Waals surface area contributed by atoms with E-state index in [1.807, 2.05) is 24.3 Å². The average Bonchev–Trinajstić information content (AvgIpc) is 2.51. The van der Waals surface area contributed by atoms with Gasteiger partial charge in [-0.3, -0.25) is 0 Å². The van der Waals surface area contributed by atoms with Gasteiger partial charge in [-0.25, -0.2) is 4.39 Å². The molecule has 3 aromatic carbocycles. The first-order chi connectivity index (χ1) is 10.1. The molecule has 0 aliphatic heterocycles. The summed E-state index contributed by atoms with van der Waals surface area (Å²) in [5.41, 5.74) is 8.01. The minimum Gasteiger partial charge on any atom is -0.324 e. The molecule has 0 radical (unpaired) electrons. The first kappa shape index (κ1) is 14.1. The molecule has 21 heavy (non-hydrogen) atoms. The Kier molecular flexibility index (Phi) is 3.91. The van der Waals surface area contributed by atoms with E-state index in [2.05, 4.69) is 24.3 Å². The van der Waals surface area contributed by atoms with Crippen LogP contribution in [0.25, 0.3) is 10.8 Å². The van der Waals surface area contributed by atoms with Crippen LogP contribution in [0.3, 0.4) is 0 Å². The molecule has 3 heteroatoms. The lowest BCUT2D eigenvalue weighted by Crippen LogP contribution is -2.13. The van der Waals surface area contributed by atoms with Crippen molar-refractivity contribution in [3.05, 3.63) is 82.6 Å². The average molecular weight is 300 g/mol. The molecule has 106 valence electrons. The standard InChI is InChI=1S/C18H15ClFN/c19-18-15(6-3-7-16(18)20)11-17(21)14-9-8-12-4-1-2-5-13(12)10-14/h1-10,17H,11,21H2. The van der Waals surface area contributed by atoms with E-state index in [1.54, 1.807) is 6.07 Å². The van der Waals surface area contributed by atoms with Crippen LogP contribution in [0.2, 0.25) is 5.02 Å². The molecule has 0 aliphatic carbocycles. The van der Waals surface area contributed by atoms with E-state index in [0.29, 0.717) is 6.42 Å². The third-order valence-corrected chi connectivity index (χ3v) is 4.10. The number of hydrogen-bond acceptors (Lipinski definition) is 1. The van der Waals surface area contributed by atoms with E-state index < -0.39 is 5.82 Å². The lowest BCUT2D eigenvalue weighted by atomic mass is 9.97. The smallest absolute Gasteiger partial charge is 0.142 e. The maximum Gasteiger partial charge on any atom is 0.142 e. The molecule has 0 bridgehead atoms. The number of halogens is 2. The minimum atomic E-state index is -0.403. The van der Waals surface area contributed by atoms with Crippen molar-refractivity contribution >= 4 is 22.4 Å². The van der Waals surface area contributed by atoms with Crippen LogP contribution in [-0.2, 0) is 6.42 Å². The minimum absolute atomic E-state index is 0.161. The van der Waals surface area contributed by atoms with Gasteiger partial charge in [0.1, 0.15) is 5.82 Å². The highest BCUT2D eigenvalue weighted by atomic mass is 35.5. The van der Waals surface area contributed by atoms with Gasteiger partial charge in [-0.2, -0.15) is 0 Å². The molecular weight excluding hydrogens is 285 g/mol. The summed E-state index contributed by atoms with van der Waals surface area (Å²) in [6, 6.07) is 18.9. The van der Waals surface area contributed by atoms with Crippen molar-refractivity contribution in [1.29, 1.82) is 0 Å². The topological polar surface area (TPSA) is 26.0 Å². The van der Waals surface area contributed by atoms with Crippen LogP contribution in [-0.4, -0.2) is 0 Å². The van der Waals surface area contributed by atoms with E-state index in [9.17, 15) is 4.39 Å². The number of nitrogens with two attached hydrogens (primary N) is 1. The third-order valence-electron chi connectivity index (χ3n) is 3.67. The SMILES string of the molecule is NC(Cc1cccc(F)c1Cl)c1ccc2ccccc2c1. The van der Waals surface area contributed by atoms with Gasteiger partial charge in [0, 0.05) is 6.04 Å². The fourth-order valence-corrected chi connectivity index (χ4v) is 2.70. The number of fused-ring (bicyclic) bond motifs is 1. The van der Waals surface area contributed by atoms with Crippen LogP contribution in [0.15, 0.2) is 60.7 Å². The lowest BCUT2D eigenvalue weighted by Gasteiger charge is -2.14. The van der Waals surface area contributed by atoms with Gasteiger partial charge in [0.15, 0.2) is 0 Å². The fraction of sp³-hybridized carbons (Fsp3) is 0.111. The molecule has 3 aromatic rings. The molecule has 0 fully saturated rings. The van der Waals surface area contributed by atoms with Gasteiger partial charge in [-0.15, -0.1) is 0 Å². The molecule has 0 saturated heterocycles. The summed E-state index contributed by atoms with van der Waals surface area (Å²) in [7, 11) is 0. The maximum atomic E-state index is 13.5. The Labute approximate surface area is 128 Å². The second kappa shape index (κ2) is 5.84. The predicted octanol–water partition coefficient (Wildman–Crippen LogP) is 4.87. The Morgan fingerprint density at radius 1 is 0.952 bits per heavy atom. The van der Waals surface area contributed by atoms with Gasteiger partial charge >= 0.3 is 0 Å². The maximum absolute atomic E-state index is 13.5. The molecule has 1 unspecified atom stereocenters. The van der Waals surface area contributed by atoms with Crippen molar-refractivity contribution in [1.82, 2.24) is 0 Å². The zero-order valence-corrected chi connectivity index (χ0v) is 12.1. The van der Waals surface area contributed by atoms with Crippen LogP contribution >= 0.6 is 11.6 Å². The highest BCUT2D eigenvalue weighted by molar-refractivity contribution is 6.31. The van der Waals surface area contributed by atoms with Gasteiger partial charge in [0.2, 0.25) is 0 Å². The van der Waals surface area contributed by atoms with E-state index >= 15 is 0 Å². The van der Waals surface area contributed by atoms with Crippen LogP contribution in [0, 0.1) is 5.82 Å². The van der Waals surface area contributed by atoms with Gasteiger partial charge in [0.25, 0.3) is 0 Å². The first-order valence-electron chi connectivity index (χ1n) is 6.82. The molecule has 0 amide bonds. The monoisotopic (exact) mass is 299 g/mol. The van der Waals surface area contributed by atoms with Crippen molar-refractivity contribution in [3.8, 4) is 0 Å². The normalized spacial score (nSPS) is 12.5. The summed E-state index contributed by atoms with van der Waals surface area (Å²) >= 11 is 5.99. The zero-order valence-electron chi connectivity index (χ0n) is 11.4. The van der Waals surface area contributed by atoms with E-state index in [4.69, 9.17) is 17.3 Å². The van der Waals surface area contributed by atoms with Crippen molar-refractivity contribution in [2.24, 2.45) is 5.73 Å². The predicted molar refractivity (Wildman–Crippen MR) is 86.0 cm³/mol. The van der Waals surface area contributed by atoms with Crippen LogP contribution < -0.4 is 5.73 Å². The van der Waals surface area contributed by atoms with Gasteiger partial charge in [-0.1, -0.05) is 60.1 Å². The lowest BCUT2D eigenvalue weighted by molar-refractivity contribution is 0.622. The second-order valence-electron chi connectivity index (χ2n) is 5.13. The number of benzene rings is 3. The molecule has 1 atom stereocenters. The number of hydrogen-bond donors (Lipinski definition) is 1. The quantitative estimate of drug-likeness (QED) is 0.733. The molecule has 0 aromatic heterocycles. The van der Waals surface area contributed by atoms with Crippen LogP contribution in [0.5, 0.6) is 0 Å². The molecule has 0 saturated carbocycles. The van der Waals surface area contributed by atoms with Crippen molar-refractivity contribution < 1.29 is 4.39 Å². The van der Waals surface area contributed by atoms with Crippen LogP contribution in [0.4, 0.5) is 4.39 Å². The zero-order chi connectivity index (χ0) is 14.8. The van der Waals surface area contributed by atoms with E-state index in [1.165, 1.54) is 11.5 Å². The Bertz CT molecular complexity index is 785. The summed E-state index contributed by atoms with van der Waals surface area (Å²) in [6.07, 6.45) is 0.509. The molecule has 0 aliphatic rings. The largest absolute Gasteiger partial charge is 0.324 e. The fourth-order valence-electron chi connectivity index (χ4n) is 2.50. The summed E-state index contributed by atoms with van der Waals surface area (Å²) in [5.74, 6) is -0.403. The summed E-state index contributed by atoms with van der Waals surface area (Å²) < 4.78 is 13.5. The molecule has 2 N–H and O–H groups in total. The third kappa shape index (κ3) is 2.92. The summed E-state index contributed by atoms with van der Waals surface area (Å²) in [6.45, 7) is 0. The summed E-state index contributed by atoms with van der Waals surface area (Å²) in [4.78, 5) is 0. The van der Waals surface area contributed by atoms with Crippen molar-refractivity contribution in [2.75, 3.05) is 0 Å². The second-order valence-corrected chi connectivity index (χ2v) is 5.51. The van der Waals surface area contributed by atoms with E-state index in [0.717, 1.165) is 16.5 Å². The highest BCUT2D eigenvalue weighted by Crippen LogP contribution is 2.26. The van der Waals surface area contributed by atoms with Crippen LogP contribution in [0.1, 0.15) is 17.2 Å². The Balaban J connectivity index is 1.89. The van der Waals surface area contributed by atoms with Gasteiger partial charge in [-0.05, 0) is 40.5 Å². The van der Waals surface area contributed by atoms with Crippen molar-refractivity contribution in [3.63, 3.8) is 0 Å². The van der Waals surface area contributed by atoms with E-state index in [-0.39, 0.29) is 11.1 Å². The Morgan fingerprint density at radius 2 is 1.71 bits per heavy atom.